The van der Waals surface area contributed by atoms with Crippen LogP contribution in [-0.4, -0.2) is 69.0 Å². The van der Waals surface area contributed by atoms with Crippen molar-refractivity contribution >= 4 is 33.4 Å². The van der Waals surface area contributed by atoms with Crippen molar-refractivity contribution in [2.24, 2.45) is 0 Å². The first kappa shape index (κ1) is 30.1. The Morgan fingerprint density at radius 2 is 1.54 bits per heavy atom. The summed E-state index contributed by atoms with van der Waals surface area (Å²) in [4.78, 5) is 28.6. The minimum Gasteiger partial charge on any atom is -0.497 e. The molecule has 39 heavy (non-hydrogen) atoms. The Hall–Kier alpha value is -3.40. The summed E-state index contributed by atoms with van der Waals surface area (Å²) < 4.78 is 30.3. The minimum absolute atomic E-state index is 0.108. The van der Waals surface area contributed by atoms with Crippen molar-refractivity contribution in [1.29, 1.82) is 0 Å². The van der Waals surface area contributed by atoms with E-state index in [1.807, 2.05) is 54.6 Å². The lowest BCUT2D eigenvalue weighted by Crippen LogP contribution is -2.53. The predicted molar refractivity (Wildman–Crippen MR) is 153 cm³/mol. The average molecular weight is 572 g/mol. The first-order valence-corrected chi connectivity index (χ1v) is 14.7. The van der Waals surface area contributed by atoms with Crippen molar-refractivity contribution in [2.75, 3.05) is 33.5 Å². The van der Waals surface area contributed by atoms with Crippen LogP contribution in [0.25, 0.3) is 0 Å². The van der Waals surface area contributed by atoms with Gasteiger partial charge in [-0.2, -0.15) is 4.31 Å². The highest BCUT2D eigenvalue weighted by molar-refractivity contribution is 7.88. The maximum Gasteiger partial charge on any atom is 0.243 e. The topological polar surface area (TPSA) is 96.0 Å². The van der Waals surface area contributed by atoms with E-state index in [4.69, 9.17) is 16.3 Å². The molecule has 0 aliphatic carbocycles. The molecule has 3 rings (SSSR count). The van der Waals surface area contributed by atoms with E-state index in [2.05, 4.69) is 5.32 Å². The minimum atomic E-state index is -3.61. The zero-order valence-corrected chi connectivity index (χ0v) is 23.9. The van der Waals surface area contributed by atoms with Crippen molar-refractivity contribution in [3.05, 3.63) is 101 Å². The number of rotatable bonds is 13. The highest BCUT2D eigenvalue weighted by atomic mass is 35.5. The molecule has 1 atom stereocenters. The van der Waals surface area contributed by atoms with E-state index in [1.165, 1.54) is 11.9 Å². The summed E-state index contributed by atoms with van der Waals surface area (Å²) in [7, 11) is -0.660. The number of carbonyl (C=O) groups excluding carboxylic acids is 2. The van der Waals surface area contributed by atoms with Gasteiger partial charge in [-0.15, -0.1) is 0 Å². The van der Waals surface area contributed by atoms with E-state index in [9.17, 15) is 18.0 Å². The molecule has 8 nitrogen and oxygen atoms in total. The SMILES string of the molecule is COc1ccc(CCNC(=O)[C@H](Cc2ccccc2)N(Cc2ccc(Cl)cc2)C(=O)CN(C)S(C)(=O)=O)cc1. The molecule has 0 aliphatic heterocycles. The zero-order chi connectivity index (χ0) is 28.4. The number of nitrogens with one attached hydrogen (secondary N) is 1. The molecule has 0 fully saturated rings. The van der Waals surface area contributed by atoms with Gasteiger partial charge in [-0.1, -0.05) is 66.2 Å². The van der Waals surface area contributed by atoms with E-state index in [0.29, 0.717) is 18.0 Å². The largest absolute Gasteiger partial charge is 0.497 e. The highest BCUT2D eigenvalue weighted by Crippen LogP contribution is 2.18. The number of ether oxygens (including phenoxy) is 1. The molecule has 0 aromatic heterocycles. The van der Waals surface area contributed by atoms with Crippen molar-refractivity contribution < 1.29 is 22.7 Å². The number of halogens is 1. The van der Waals surface area contributed by atoms with E-state index >= 15 is 0 Å². The van der Waals surface area contributed by atoms with Gasteiger partial charge in [-0.25, -0.2) is 8.42 Å². The number of hydrogen-bond acceptors (Lipinski definition) is 5. The van der Waals surface area contributed by atoms with E-state index in [1.54, 1.807) is 31.4 Å². The molecule has 0 saturated carbocycles. The number of sulfonamides is 1. The van der Waals surface area contributed by atoms with Crippen LogP contribution in [0.4, 0.5) is 0 Å². The van der Waals surface area contributed by atoms with Crippen LogP contribution in [0.15, 0.2) is 78.9 Å². The van der Waals surface area contributed by atoms with Crippen LogP contribution in [0.1, 0.15) is 16.7 Å². The Morgan fingerprint density at radius 3 is 2.13 bits per heavy atom. The second-order valence-electron chi connectivity index (χ2n) is 9.26. The smallest absolute Gasteiger partial charge is 0.243 e. The number of hydrogen-bond donors (Lipinski definition) is 1. The molecule has 0 spiro atoms. The third-order valence-corrected chi connectivity index (χ3v) is 7.85. The number of likely N-dealkylation sites (N-methyl/N-ethyl adjacent to an activating group) is 1. The number of benzene rings is 3. The summed E-state index contributed by atoms with van der Waals surface area (Å²) in [6, 6.07) is 23.1. The monoisotopic (exact) mass is 571 g/mol. The molecule has 0 radical (unpaired) electrons. The average Bonchev–Trinajstić information content (AvgIpc) is 2.92. The van der Waals surface area contributed by atoms with Crippen LogP contribution >= 0.6 is 11.6 Å². The van der Waals surface area contributed by atoms with Crippen LogP contribution in [0, 0.1) is 0 Å². The molecule has 0 bridgehead atoms. The number of nitrogens with zero attached hydrogens (tertiary/aromatic N) is 2. The predicted octanol–water partition coefficient (Wildman–Crippen LogP) is 3.54. The summed E-state index contributed by atoms with van der Waals surface area (Å²) in [5.41, 5.74) is 2.66. The second kappa shape index (κ2) is 14.1. The quantitative estimate of drug-likeness (QED) is 0.338. The molecule has 2 amide bonds. The Labute approximate surface area is 235 Å². The highest BCUT2D eigenvalue weighted by Gasteiger charge is 2.31. The van der Waals surface area contributed by atoms with Crippen LogP contribution in [0.5, 0.6) is 5.75 Å². The molecule has 0 unspecified atom stereocenters. The number of amides is 2. The van der Waals surface area contributed by atoms with Gasteiger partial charge in [0, 0.05) is 31.6 Å². The summed E-state index contributed by atoms with van der Waals surface area (Å²) >= 11 is 6.05. The van der Waals surface area contributed by atoms with Gasteiger partial charge in [0.15, 0.2) is 0 Å². The molecular formula is C29H34ClN3O5S. The Kier molecular flexibility index (Phi) is 10.9. The van der Waals surface area contributed by atoms with Gasteiger partial charge in [0.25, 0.3) is 0 Å². The summed E-state index contributed by atoms with van der Waals surface area (Å²) in [5, 5.41) is 3.52. The fraction of sp³-hybridized carbons (Fsp3) is 0.310. The van der Waals surface area contributed by atoms with Crippen molar-refractivity contribution in [3.8, 4) is 5.75 Å². The van der Waals surface area contributed by atoms with Crippen LogP contribution in [0.2, 0.25) is 5.02 Å². The molecule has 0 heterocycles. The zero-order valence-electron chi connectivity index (χ0n) is 22.3. The van der Waals surface area contributed by atoms with Crippen molar-refractivity contribution in [1.82, 2.24) is 14.5 Å². The molecule has 10 heteroatoms. The number of methoxy groups -OCH3 is 1. The van der Waals surface area contributed by atoms with Crippen LogP contribution in [-0.2, 0) is 39.0 Å². The van der Waals surface area contributed by atoms with Gasteiger partial charge in [-0.3, -0.25) is 9.59 Å². The van der Waals surface area contributed by atoms with Crippen molar-refractivity contribution in [2.45, 2.75) is 25.4 Å². The van der Waals surface area contributed by atoms with E-state index in [-0.39, 0.29) is 18.9 Å². The molecule has 0 saturated heterocycles. The van der Waals surface area contributed by atoms with Crippen LogP contribution in [0.3, 0.4) is 0 Å². The van der Waals surface area contributed by atoms with Gasteiger partial charge in [0.1, 0.15) is 11.8 Å². The maximum absolute atomic E-state index is 13.6. The lowest BCUT2D eigenvalue weighted by atomic mass is 10.0. The second-order valence-corrected chi connectivity index (χ2v) is 11.8. The summed E-state index contributed by atoms with van der Waals surface area (Å²) in [6.45, 7) is 0.0799. The molecular weight excluding hydrogens is 538 g/mol. The molecule has 3 aromatic rings. The Balaban J connectivity index is 1.87. The van der Waals surface area contributed by atoms with Crippen molar-refractivity contribution in [3.63, 3.8) is 0 Å². The standard InChI is InChI=1S/C29H34ClN3O5S/c1-32(39(3,36)37)21-28(34)33(20-24-9-13-25(30)14-10-24)27(19-23-7-5-4-6-8-23)29(35)31-18-17-22-11-15-26(38-2)16-12-22/h4-16,27H,17-21H2,1-3H3,(H,31,35)/t27-/m0/s1. The van der Waals surface area contributed by atoms with E-state index in [0.717, 1.165) is 33.0 Å². The third-order valence-electron chi connectivity index (χ3n) is 6.33. The third kappa shape index (κ3) is 9.38. The van der Waals surface area contributed by atoms with Gasteiger partial charge >= 0.3 is 0 Å². The maximum atomic E-state index is 13.6. The lowest BCUT2D eigenvalue weighted by molar-refractivity contribution is -0.141. The molecule has 208 valence electrons. The van der Waals surface area contributed by atoms with Gasteiger partial charge in [0.2, 0.25) is 21.8 Å². The normalized spacial score (nSPS) is 12.1. The molecule has 3 aromatic carbocycles. The molecule has 0 aliphatic rings. The Morgan fingerprint density at radius 1 is 0.923 bits per heavy atom. The van der Waals surface area contributed by atoms with Gasteiger partial charge < -0.3 is 15.0 Å². The molecule has 1 N–H and O–H groups in total. The Bertz CT molecular complexity index is 1330. The summed E-state index contributed by atoms with van der Waals surface area (Å²) in [5.74, 6) is -0.0538. The first-order valence-electron chi connectivity index (χ1n) is 12.5. The number of carbonyl (C=O) groups is 2. The summed E-state index contributed by atoms with van der Waals surface area (Å²) in [6.07, 6.45) is 1.89. The van der Waals surface area contributed by atoms with Crippen LogP contribution < -0.4 is 10.1 Å². The fourth-order valence-electron chi connectivity index (χ4n) is 3.98. The van der Waals surface area contributed by atoms with Gasteiger partial charge in [0.05, 0.1) is 19.9 Å². The van der Waals surface area contributed by atoms with Gasteiger partial charge in [-0.05, 0) is 47.4 Å². The van der Waals surface area contributed by atoms with E-state index < -0.39 is 28.5 Å². The fourth-order valence-corrected chi connectivity index (χ4v) is 4.45. The lowest BCUT2D eigenvalue weighted by Gasteiger charge is -2.32. The first-order chi connectivity index (χ1) is 18.6.